The van der Waals surface area contributed by atoms with Crippen LogP contribution in [0.25, 0.3) is 0 Å². The predicted molar refractivity (Wildman–Crippen MR) is 116 cm³/mol. The van der Waals surface area contributed by atoms with Gasteiger partial charge in [0.2, 0.25) is 5.91 Å². The zero-order valence-electron chi connectivity index (χ0n) is 17.0. The number of methoxy groups -OCH3 is 1. The Morgan fingerprint density at radius 2 is 2.07 bits per heavy atom. The molecular formula is C23H24ClN3O3. The maximum Gasteiger partial charge on any atom is 0.252 e. The molecule has 0 aromatic heterocycles. The number of anilines is 2. The smallest absolute Gasteiger partial charge is 0.252 e. The Hall–Kier alpha value is -2.57. The molecule has 7 heteroatoms. The summed E-state index contributed by atoms with van der Waals surface area (Å²) in [6.45, 7) is 0.822. The summed E-state index contributed by atoms with van der Waals surface area (Å²) in [6, 6.07) is 13.2. The molecule has 6 nitrogen and oxygen atoms in total. The highest BCUT2D eigenvalue weighted by molar-refractivity contribution is 6.31. The van der Waals surface area contributed by atoms with Crippen molar-refractivity contribution in [3.05, 3.63) is 53.1 Å². The second-order valence-electron chi connectivity index (χ2n) is 8.26. The van der Waals surface area contributed by atoms with E-state index in [9.17, 15) is 9.59 Å². The molecular weight excluding hydrogens is 402 g/mol. The van der Waals surface area contributed by atoms with E-state index in [-0.39, 0.29) is 17.9 Å². The van der Waals surface area contributed by atoms with E-state index in [0.29, 0.717) is 22.9 Å². The third-order valence-corrected chi connectivity index (χ3v) is 7.12. The van der Waals surface area contributed by atoms with Crippen molar-refractivity contribution in [3.8, 4) is 5.75 Å². The van der Waals surface area contributed by atoms with Gasteiger partial charge in [-0.1, -0.05) is 29.8 Å². The van der Waals surface area contributed by atoms with Crippen LogP contribution in [0.3, 0.4) is 0 Å². The number of carbonyl (C=O) groups is 2. The van der Waals surface area contributed by atoms with Gasteiger partial charge in [0.25, 0.3) is 5.91 Å². The Morgan fingerprint density at radius 3 is 2.87 bits per heavy atom. The van der Waals surface area contributed by atoms with Crippen LogP contribution in [0.2, 0.25) is 5.02 Å². The number of nitrogens with one attached hydrogen (secondary N) is 1. The molecule has 3 unspecified atom stereocenters. The Labute approximate surface area is 180 Å². The minimum Gasteiger partial charge on any atom is -0.495 e. The highest BCUT2D eigenvalue weighted by atomic mass is 35.5. The first-order valence-electron chi connectivity index (χ1n) is 10.3. The number of hydrogen-bond acceptors (Lipinski definition) is 4. The molecule has 3 aliphatic rings. The van der Waals surface area contributed by atoms with Crippen molar-refractivity contribution in [2.75, 3.05) is 30.9 Å². The van der Waals surface area contributed by atoms with E-state index in [1.54, 1.807) is 37.3 Å². The summed E-state index contributed by atoms with van der Waals surface area (Å²) in [4.78, 5) is 31.4. The summed E-state index contributed by atoms with van der Waals surface area (Å²) < 4.78 is 5.39. The average molecular weight is 426 g/mol. The molecule has 0 radical (unpaired) electrons. The SMILES string of the molecule is COc1ccc(Cl)cc1NC(=O)C1CC2CCCN2C12C(=O)N(C)c1ccccc12. The van der Waals surface area contributed by atoms with Crippen molar-refractivity contribution in [1.29, 1.82) is 0 Å². The van der Waals surface area contributed by atoms with Crippen LogP contribution in [0.5, 0.6) is 5.75 Å². The fraction of sp³-hybridized carbons (Fsp3) is 0.391. The van der Waals surface area contributed by atoms with Gasteiger partial charge in [-0.3, -0.25) is 14.5 Å². The number of rotatable bonds is 3. The minimum atomic E-state index is -0.956. The van der Waals surface area contributed by atoms with Gasteiger partial charge in [-0.05, 0) is 50.1 Å². The third kappa shape index (κ3) is 2.53. The lowest BCUT2D eigenvalue weighted by Crippen LogP contribution is -2.55. The van der Waals surface area contributed by atoms with Gasteiger partial charge in [0.15, 0.2) is 0 Å². The van der Waals surface area contributed by atoms with E-state index in [4.69, 9.17) is 16.3 Å². The first-order valence-corrected chi connectivity index (χ1v) is 10.6. The summed E-state index contributed by atoms with van der Waals surface area (Å²) in [5.41, 5.74) is 1.38. The van der Waals surface area contributed by atoms with Crippen molar-refractivity contribution in [3.63, 3.8) is 0 Å². The molecule has 2 amide bonds. The van der Waals surface area contributed by atoms with E-state index in [0.717, 1.165) is 30.6 Å². The van der Waals surface area contributed by atoms with Gasteiger partial charge in [-0.25, -0.2) is 0 Å². The quantitative estimate of drug-likeness (QED) is 0.815. The Balaban J connectivity index is 1.59. The summed E-state index contributed by atoms with van der Waals surface area (Å²) in [5, 5.41) is 3.51. The van der Waals surface area contributed by atoms with Gasteiger partial charge >= 0.3 is 0 Å². The fourth-order valence-corrected chi connectivity index (χ4v) is 5.84. The van der Waals surface area contributed by atoms with Gasteiger partial charge in [0, 0.05) is 29.4 Å². The molecule has 2 aromatic carbocycles. The number of ether oxygens (including phenoxy) is 1. The van der Waals surface area contributed by atoms with E-state index < -0.39 is 11.5 Å². The van der Waals surface area contributed by atoms with Crippen molar-refractivity contribution in [2.45, 2.75) is 30.8 Å². The average Bonchev–Trinajstić information content (AvgIpc) is 3.38. The van der Waals surface area contributed by atoms with Crippen LogP contribution in [0, 0.1) is 5.92 Å². The summed E-state index contributed by atoms with van der Waals surface area (Å²) >= 11 is 6.15. The lowest BCUT2D eigenvalue weighted by Gasteiger charge is -2.37. The molecule has 5 rings (SSSR count). The zero-order chi connectivity index (χ0) is 21.0. The minimum absolute atomic E-state index is 0.0219. The second kappa shape index (κ2) is 7.00. The zero-order valence-corrected chi connectivity index (χ0v) is 17.8. The number of benzene rings is 2. The van der Waals surface area contributed by atoms with Crippen LogP contribution in [-0.2, 0) is 15.1 Å². The van der Waals surface area contributed by atoms with Crippen LogP contribution < -0.4 is 15.0 Å². The Morgan fingerprint density at radius 1 is 1.27 bits per heavy atom. The summed E-state index contributed by atoms with van der Waals surface area (Å²) in [7, 11) is 3.35. The predicted octanol–water partition coefficient (Wildman–Crippen LogP) is 3.64. The highest BCUT2D eigenvalue weighted by Gasteiger charge is 2.66. The van der Waals surface area contributed by atoms with E-state index in [1.165, 1.54) is 0 Å². The first kappa shape index (κ1) is 19.4. The molecule has 2 saturated heterocycles. The maximum atomic E-state index is 13.7. The van der Waals surface area contributed by atoms with Gasteiger partial charge in [0.1, 0.15) is 11.3 Å². The Kier molecular flexibility index (Phi) is 4.52. The molecule has 156 valence electrons. The standard InChI is InChI=1S/C23H24ClN3O3/c1-26-19-8-4-3-7-16(19)23(22(26)29)17(13-15-6-5-11-27(15)23)21(28)25-18-12-14(24)9-10-20(18)30-2/h3-4,7-10,12,15,17H,5-6,11,13H2,1-2H3,(H,25,28). The fourth-order valence-electron chi connectivity index (χ4n) is 5.67. The van der Waals surface area contributed by atoms with Gasteiger partial charge in [0.05, 0.1) is 18.7 Å². The molecule has 2 aromatic rings. The molecule has 1 spiro atoms. The highest BCUT2D eigenvalue weighted by Crippen LogP contribution is 2.56. The summed E-state index contributed by atoms with van der Waals surface area (Å²) in [5.74, 6) is -0.157. The normalized spacial score (nSPS) is 27.4. The van der Waals surface area contributed by atoms with Crippen LogP contribution >= 0.6 is 11.6 Å². The molecule has 3 aliphatic heterocycles. The van der Waals surface area contributed by atoms with Crippen LogP contribution in [0.1, 0.15) is 24.8 Å². The monoisotopic (exact) mass is 425 g/mol. The van der Waals surface area contributed by atoms with Crippen molar-refractivity contribution < 1.29 is 14.3 Å². The Bertz CT molecular complexity index is 1040. The molecule has 0 bridgehead atoms. The number of fused-ring (bicyclic) bond motifs is 4. The second-order valence-corrected chi connectivity index (χ2v) is 8.70. The summed E-state index contributed by atoms with van der Waals surface area (Å²) in [6.07, 6.45) is 2.70. The number of para-hydroxylation sites is 1. The molecule has 1 N–H and O–H groups in total. The molecule has 3 atom stereocenters. The van der Waals surface area contributed by atoms with Gasteiger partial charge in [-0.2, -0.15) is 0 Å². The molecule has 30 heavy (non-hydrogen) atoms. The van der Waals surface area contributed by atoms with Crippen molar-refractivity contribution in [1.82, 2.24) is 4.90 Å². The van der Waals surface area contributed by atoms with Crippen molar-refractivity contribution >= 4 is 34.8 Å². The van der Waals surface area contributed by atoms with E-state index in [2.05, 4.69) is 10.2 Å². The van der Waals surface area contributed by atoms with Crippen LogP contribution in [-0.4, -0.2) is 43.5 Å². The lowest BCUT2D eigenvalue weighted by molar-refractivity contribution is -0.136. The number of amides is 2. The molecule has 2 fully saturated rings. The number of likely N-dealkylation sites (N-methyl/N-ethyl adjacent to an activating group) is 1. The molecule has 0 aliphatic carbocycles. The topological polar surface area (TPSA) is 61.9 Å². The largest absolute Gasteiger partial charge is 0.495 e. The maximum absolute atomic E-state index is 13.7. The first-order chi connectivity index (χ1) is 14.5. The molecule has 0 saturated carbocycles. The van der Waals surface area contributed by atoms with Crippen molar-refractivity contribution in [2.24, 2.45) is 5.92 Å². The van der Waals surface area contributed by atoms with Gasteiger partial charge < -0.3 is 15.0 Å². The number of halogens is 1. The van der Waals surface area contributed by atoms with Crippen LogP contribution in [0.15, 0.2) is 42.5 Å². The van der Waals surface area contributed by atoms with Gasteiger partial charge in [-0.15, -0.1) is 0 Å². The number of nitrogens with zero attached hydrogens (tertiary/aromatic N) is 2. The lowest BCUT2D eigenvalue weighted by atomic mass is 9.78. The number of hydrogen-bond donors (Lipinski definition) is 1. The molecule has 3 heterocycles. The van der Waals surface area contributed by atoms with E-state index >= 15 is 0 Å². The van der Waals surface area contributed by atoms with E-state index in [1.807, 2.05) is 24.3 Å². The third-order valence-electron chi connectivity index (χ3n) is 6.88. The van der Waals surface area contributed by atoms with Crippen LogP contribution in [0.4, 0.5) is 11.4 Å². The number of carbonyl (C=O) groups excluding carboxylic acids is 2.